The fraction of sp³-hybridized carbons (Fsp3) is 0.423. The fourth-order valence-electron chi connectivity index (χ4n) is 5.54. The highest BCUT2D eigenvalue weighted by Crippen LogP contribution is 2.43. The van der Waals surface area contributed by atoms with Crippen molar-refractivity contribution in [1.29, 1.82) is 0 Å². The van der Waals surface area contributed by atoms with Crippen molar-refractivity contribution in [2.24, 2.45) is 11.8 Å². The minimum absolute atomic E-state index is 0.173. The lowest BCUT2D eigenvalue weighted by Crippen LogP contribution is -2.55. The van der Waals surface area contributed by atoms with Gasteiger partial charge in [-0.15, -0.1) is 0 Å². The van der Waals surface area contributed by atoms with Crippen LogP contribution in [-0.4, -0.2) is 41.2 Å². The van der Waals surface area contributed by atoms with E-state index in [1.54, 1.807) is 7.11 Å². The van der Waals surface area contributed by atoms with Gasteiger partial charge in [0.2, 0.25) is 0 Å². The maximum Gasteiger partial charge on any atom is 0.119 e. The first kappa shape index (κ1) is 19.5. The van der Waals surface area contributed by atoms with E-state index >= 15 is 0 Å². The zero-order chi connectivity index (χ0) is 20.7. The highest BCUT2D eigenvalue weighted by atomic mass is 16.5. The van der Waals surface area contributed by atoms with Gasteiger partial charge in [0.1, 0.15) is 5.75 Å². The highest BCUT2D eigenvalue weighted by Gasteiger charge is 2.42. The summed E-state index contributed by atoms with van der Waals surface area (Å²) in [5, 5.41) is 12.6. The molecule has 2 bridgehead atoms. The summed E-state index contributed by atoms with van der Waals surface area (Å²) < 4.78 is 5.48. The van der Waals surface area contributed by atoms with E-state index in [9.17, 15) is 5.11 Å². The van der Waals surface area contributed by atoms with Crippen molar-refractivity contribution in [1.82, 2.24) is 9.88 Å². The molecule has 3 aromatic rings. The fourth-order valence-corrected chi connectivity index (χ4v) is 5.54. The Balaban J connectivity index is 1.59. The van der Waals surface area contributed by atoms with Gasteiger partial charge in [-0.1, -0.05) is 43.7 Å². The van der Waals surface area contributed by atoms with E-state index in [1.165, 1.54) is 12.8 Å². The Morgan fingerprint density at radius 2 is 2.00 bits per heavy atom. The van der Waals surface area contributed by atoms with Crippen molar-refractivity contribution < 1.29 is 9.84 Å². The number of hydrogen-bond donors (Lipinski definition) is 1. The molecule has 0 aliphatic carbocycles. The predicted molar refractivity (Wildman–Crippen MR) is 121 cm³/mol. The molecule has 30 heavy (non-hydrogen) atoms. The lowest BCUT2D eigenvalue weighted by atomic mass is 9.72. The molecular formula is C26H30N2O2. The van der Waals surface area contributed by atoms with Crippen LogP contribution in [0.4, 0.5) is 0 Å². The Bertz CT molecular complexity index is 1040. The van der Waals surface area contributed by atoms with Crippen LogP contribution in [-0.2, 0) is 0 Å². The molecule has 1 aromatic heterocycles. The van der Waals surface area contributed by atoms with Crippen molar-refractivity contribution >= 4 is 10.9 Å². The molecule has 4 heterocycles. The van der Waals surface area contributed by atoms with Crippen LogP contribution in [0.2, 0.25) is 0 Å². The minimum Gasteiger partial charge on any atom is -0.497 e. The molecule has 1 unspecified atom stereocenters. The topological polar surface area (TPSA) is 45.6 Å². The third-order valence-electron chi connectivity index (χ3n) is 7.26. The number of methoxy groups -OCH3 is 1. The van der Waals surface area contributed by atoms with Crippen LogP contribution in [0.1, 0.15) is 37.9 Å². The van der Waals surface area contributed by atoms with E-state index in [0.29, 0.717) is 0 Å². The van der Waals surface area contributed by atoms with Crippen LogP contribution in [0.25, 0.3) is 22.2 Å². The van der Waals surface area contributed by atoms with E-state index in [4.69, 9.17) is 9.72 Å². The van der Waals surface area contributed by atoms with Gasteiger partial charge in [0.25, 0.3) is 0 Å². The Morgan fingerprint density at radius 3 is 2.70 bits per heavy atom. The normalized spacial score (nSPS) is 26.6. The average Bonchev–Trinajstić information content (AvgIpc) is 2.83. The van der Waals surface area contributed by atoms with E-state index < -0.39 is 6.10 Å². The SMILES string of the molecule is CC[C@H]1CN2CC[C@H]1C[C@H]2[C@H](O)c1cc(-c2ccccc2)nc2ccc(OC)cc12. The number of benzene rings is 2. The van der Waals surface area contributed by atoms with Crippen molar-refractivity contribution in [2.75, 3.05) is 20.2 Å². The summed E-state index contributed by atoms with van der Waals surface area (Å²) in [6, 6.07) is 18.4. The average molecular weight is 403 g/mol. The lowest BCUT2D eigenvalue weighted by molar-refractivity contribution is -0.0562. The molecule has 0 amide bonds. The quantitative estimate of drug-likeness (QED) is 0.648. The van der Waals surface area contributed by atoms with Gasteiger partial charge in [-0.2, -0.15) is 0 Å². The van der Waals surface area contributed by atoms with Crippen molar-refractivity contribution in [3.8, 4) is 17.0 Å². The molecule has 6 rings (SSSR count). The number of piperidine rings is 3. The van der Waals surface area contributed by atoms with Gasteiger partial charge in [-0.3, -0.25) is 4.90 Å². The molecule has 3 fully saturated rings. The smallest absolute Gasteiger partial charge is 0.119 e. The second-order valence-electron chi connectivity index (χ2n) is 8.81. The number of fused-ring (bicyclic) bond motifs is 4. The number of pyridine rings is 1. The zero-order valence-corrected chi connectivity index (χ0v) is 17.8. The number of aliphatic hydroxyl groups is 1. The van der Waals surface area contributed by atoms with E-state index in [0.717, 1.165) is 64.8 Å². The van der Waals surface area contributed by atoms with Gasteiger partial charge in [0.05, 0.1) is 24.4 Å². The molecule has 0 spiro atoms. The number of hydrogen-bond acceptors (Lipinski definition) is 4. The van der Waals surface area contributed by atoms with Crippen molar-refractivity contribution in [3.63, 3.8) is 0 Å². The number of rotatable bonds is 5. The Morgan fingerprint density at radius 1 is 1.17 bits per heavy atom. The van der Waals surface area contributed by atoms with Crippen LogP contribution in [0.3, 0.4) is 0 Å². The maximum atomic E-state index is 11.6. The Labute approximate surface area is 178 Å². The molecular weight excluding hydrogens is 372 g/mol. The van der Waals surface area contributed by atoms with E-state index in [1.807, 2.05) is 36.4 Å². The third kappa shape index (κ3) is 3.38. The molecule has 0 saturated carbocycles. The van der Waals surface area contributed by atoms with Crippen LogP contribution in [0.15, 0.2) is 54.6 Å². The van der Waals surface area contributed by atoms with Gasteiger partial charge in [0.15, 0.2) is 0 Å². The van der Waals surface area contributed by atoms with E-state index in [2.05, 4.69) is 30.0 Å². The van der Waals surface area contributed by atoms with Gasteiger partial charge >= 0.3 is 0 Å². The third-order valence-corrected chi connectivity index (χ3v) is 7.26. The number of ether oxygens (including phenoxy) is 1. The summed E-state index contributed by atoms with van der Waals surface area (Å²) in [7, 11) is 1.68. The summed E-state index contributed by atoms with van der Waals surface area (Å²) in [6.45, 7) is 4.51. The van der Waals surface area contributed by atoms with Gasteiger partial charge in [-0.05, 0) is 61.1 Å². The first-order valence-corrected chi connectivity index (χ1v) is 11.1. The summed E-state index contributed by atoms with van der Waals surface area (Å²) in [6.07, 6.45) is 3.04. The monoisotopic (exact) mass is 402 g/mol. The van der Waals surface area contributed by atoms with Crippen LogP contribution in [0, 0.1) is 11.8 Å². The predicted octanol–water partition coefficient (Wildman–Crippen LogP) is 5.06. The van der Waals surface area contributed by atoms with Crippen molar-refractivity contribution in [2.45, 2.75) is 38.3 Å². The molecule has 3 aliphatic rings. The highest BCUT2D eigenvalue weighted by molar-refractivity contribution is 5.87. The zero-order valence-electron chi connectivity index (χ0n) is 17.8. The summed E-state index contributed by atoms with van der Waals surface area (Å²) in [4.78, 5) is 7.42. The maximum absolute atomic E-state index is 11.6. The number of aliphatic hydroxyl groups excluding tert-OH is 1. The van der Waals surface area contributed by atoms with Crippen LogP contribution < -0.4 is 4.74 Å². The standard InChI is InChI=1S/C26H30N2O2/c1-3-17-16-28-12-11-19(17)13-25(28)26(29)22-15-24(18-7-5-4-6-8-18)27-23-10-9-20(30-2)14-21(22)23/h4-10,14-15,17,19,25-26,29H,3,11-13,16H2,1-2H3/t17-,19-,25-,26+/m0/s1. The minimum atomic E-state index is -0.536. The molecule has 156 valence electrons. The molecule has 1 N–H and O–H groups in total. The number of nitrogens with zero attached hydrogens (tertiary/aromatic N) is 2. The summed E-state index contributed by atoms with van der Waals surface area (Å²) in [5.74, 6) is 2.30. The molecule has 2 aromatic carbocycles. The Hall–Kier alpha value is -2.43. The van der Waals surface area contributed by atoms with Gasteiger partial charge in [-0.25, -0.2) is 4.98 Å². The molecule has 5 atom stereocenters. The second kappa shape index (κ2) is 8.01. The summed E-state index contributed by atoms with van der Waals surface area (Å²) >= 11 is 0. The largest absolute Gasteiger partial charge is 0.497 e. The van der Waals surface area contributed by atoms with Crippen LogP contribution >= 0.6 is 0 Å². The molecule has 4 nitrogen and oxygen atoms in total. The Kier molecular flexibility index (Phi) is 5.21. The molecule has 3 aliphatic heterocycles. The van der Waals surface area contributed by atoms with Crippen LogP contribution in [0.5, 0.6) is 5.75 Å². The number of aromatic nitrogens is 1. The molecule has 4 heteroatoms. The first-order valence-electron chi connectivity index (χ1n) is 11.1. The van der Waals surface area contributed by atoms with Gasteiger partial charge in [0, 0.05) is 23.5 Å². The lowest BCUT2D eigenvalue weighted by Gasteiger charge is -2.51. The van der Waals surface area contributed by atoms with E-state index in [-0.39, 0.29) is 6.04 Å². The molecule has 0 radical (unpaired) electrons. The first-order chi connectivity index (χ1) is 14.7. The van der Waals surface area contributed by atoms with Crippen molar-refractivity contribution in [3.05, 3.63) is 60.2 Å². The molecule has 3 saturated heterocycles. The second-order valence-corrected chi connectivity index (χ2v) is 8.81. The summed E-state index contributed by atoms with van der Waals surface area (Å²) in [5.41, 5.74) is 3.84. The van der Waals surface area contributed by atoms with Gasteiger partial charge < -0.3 is 9.84 Å².